The Morgan fingerprint density at radius 3 is 2.30 bits per heavy atom. The lowest BCUT2D eigenvalue weighted by Gasteiger charge is -2.26. The molecule has 1 amide bonds. The van der Waals surface area contributed by atoms with Gasteiger partial charge in [0, 0.05) is 31.9 Å². The number of aliphatic hydroxyl groups is 1. The molecule has 0 saturated carbocycles. The van der Waals surface area contributed by atoms with Crippen LogP contribution in [0.1, 0.15) is 23.6 Å². The fraction of sp³-hybridized carbons (Fsp3) is 0.333. The summed E-state index contributed by atoms with van der Waals surface area (Å²) in [5, 5.41) is 11.6. The largest absolute Gasteiger partial charge is 0.507 e. The molecule has 2 aromatic rings. The Balaban J connectivity index is 2.26. The van der Waals surface area contributed by atoms with E-state index in [1.54, 1.807) is 31.4 Å². The van der Waals surface area contributed by atoms with Crippen LogP contribution in [0.2, 0.25) is 5.02 Å². The van der Waals surface area contributed by atoms with Crippen LogP contribution in [0.3, 0.4) is 0 Å². The number of para-hydroxylation sites is 1. The van der Waals surface area contributed by atoms with Crippen molar-refractivity contribution < 1.29 is 33.6 Å². The van der Waals surface area contributed by atoms with E-state index < -0.39 is 23.5 Å². The van der Waals surface area contributed by atoms with E-state index in [9.17, 15) is 14.7 Å². The van der Waals surface area contributed by atoms with Gasteiger partial charge in [-0.3, -0.25) is 9.59 Å². The third-order valence-electron chi connectivity index (χ3n) is 5.45. The molecule has 0 aliphatic carbocycles. The van der Waals surface area contributed by atoms with Crippen molar-refractivity contribution in [3.8, 4) is 17.2 Å². The molecular weight excluding hydrogens is 450 g/mol. The van der Waals surface area contributed by atoms with Crippen LogP contribution in [0.15, 0.2) is 42.0 Å². The SMILES string of the molecule is COCCCN1C(=O)C(=O)/C(=C(/O)c2cc(OC)c(Cl)cc2OC)C1c1ccccc1OC. The van der Waals surface area contributed by atoms with Crippen LogP contribution in [0.5, 0.6) is 17.2 Å². The number of Topliss-reactive ketones (excluding diaryl/α,β-unsaturated/α-hetero) is 1. The van der Waals surface area contributed by atoms with E-state index >= 15 is 0 Å². The molecule has 1 atom stereocenters. The number of carbonyl (C=O) groups is 2. The third kappa shape index (κ3) is 4.62. The lowest BCUT2D eigenvalue weighted by Crippen LogP contribution is -2.31. The number of halogens is 1. The molecule has 0 aromatic heterocycles. The summed E-state index contributed by atoms with van der Waals surface area (Å²) in [6, 6.07) is 9.12. The van der Waals surface area contributed by atoms with Crippen molar-refractivity contribution >= 4 is 29.1 Å². The molecule has 8 nitrogen and oxygen atoms in total. The predicted octanol–water partition coefficient (Wildman–Crippen LogP) is 3.82. The number of hydrogen-bond donors (Lipinski definition) is 1. The molecule has 9 heteroatoms. The monoisotopic (exact) mass is 475 g/mol. The van der Waals surface area contributed by atoms with Gasteiger partial charge in [-0.05, 0) is 18.6 Å². The van der Waals surface area contributed by atoms with Crippen molar-refractivity contribution in [1.29, 1.82) is 0 Å². The van der Waals surface area contributed by atoms with E-state index in [4.69, 9.17) is 30.5 Å². The Morgan fingerprint density at radius 1 is 1.00 bits per heavy atom. The molecule has 176 valence electrons. The molecule has 1 heterocycles. The molecule has 1 fully saturated rings. The third-order valence-corrected chi connectivity index (χ3v) is 5.75. The molecule has 0 bridgehead atoms. The van der Waals surface area contributed by atoms with Gasteiger partial charge >= 0.3 is 0 Å². The first-order chi connectivity index (χ1) is 15.9. The fourth-order valence-electron chi connectivity index (χ4n) is 3.90. The van der Waals surface area contributed by atoms with Gasteiger partial charge in [-0.25, -0.2) is 0 Å². The summed E-state index contributed by atoms with van der Waals surface area (Å²) in [5.41, 5.74) is 0.663. The summed E-state index contributed by atoms with van der Waals surface area (Å²) in [5.74, 6) is -0.942. The summed E-state index contributed by atoms with van der Waals surface area (Å²) in [7, 11) is 5.91. The summed E-state index contributed by atoms with van der Waals surface area (Å²) in [4.78, 5) is 27.6. The number of rotatable bonds is 9. The van der Waals surface area contributed by atoms with Crippen LogP contribution < -0.4 is 14.2 Å². The number of methoxy groups -OCH3 is 4. The minimum absolute atomic E-state index is 0.0791. The molecule has 1 saturated heterocycles. The van der Waals surface area contributed by atoms with Crippen molar-refractivity contribution in [3.05, 3.63) is 58.1 Å². The number of likely N-dealkylation sites (tertiary alicyclic amines) is 1. The zero-order chi connectivity index (χ0) is 24.1. The highest BCUT2D eigenvalue weighted by Crippen LogP contribution is 2.45. The van der Waals surface area contributed by atoms with E-state index in [0.29, 0.717) is 24.3 Å². The van der Waals surface area contributed by atoms with Gasteiger partial charge < -0.3 is 29.0 Å². The number of ketones is 1. The Morgan fingerprint density at radius 2 is 1.67 bits per heavy atom. The number of carbonyl (C=O) groups excluding carboxylic acids is 2. The van der Waals surface area contributed by atoms with Crippen molar-refractivity contribution in [3.63, 3.8) is 0 Å². The maximum atomic E-state index is 13.2. The van der Waals surface area contributed by atoms with Crippen LogP contribution >= 0.6 is 11.6 Å². The van der Waals surface area contributed by atoms with Crippen LogP contribution in [0.25, 0.3) is 5.76 Å². The van der Waals surface area contributed by atoms with E-state index in [0.717, 1.165) is 0 Å². The first-order valence-corrected chi connectivity index (χ1v) is 10.6. The quantitative estimate of drug-likeness (QED) is 0.255. The summed E-state index contributed by atoms with van der Waals surface area (Å²) in [6.45, 7) is 0.656. The summed E-state index contributed by atoms with van der Waals surface area (Å²) < 4.78 is 21.2. The second kappa shape index (κ2) is 10.6. The van der Waals surface area contributed by atoms with Crippen LogP contribution in [-0.2, 0) is 14.3 Å². The van der Waals surface area contributed by atoms with Gasteiger partial charge in [-0.15, -0.1) is 0 Å². The Kier molecular flexibility index (Phi) is 7.84. The minimum atomic E-state index is -0.871. The van der Waals surface area contributed by atoms with Crippen molar-refractivity contribution in [2.45, 2.75) is 12.5 Å². The molecular formula is C24H26ClNO7. The Labute approximate surface area is 197 Å². The average Bonchev–Trinajstić information content (AvgIpc) is 3.08. The summed E-state index contributed by atoms with van der Waals surface area (Å²) >= 11 is 6.19. The number of aliphatic hydroxyl groups excluding tert-OH is 1. The van der Waals surface area contributed by atoms with Crippen molar-refractivity contribution in [2.24, 2.45) is 0 Å². The molecule has 1 N–H and O–H groups in total. The molecule has 0 radical (unpaired) electrons. The second-order valence-electron chi connectivity index (χ2n) is 7.27. The standard InChI is InChI=1S/C24H26ClNO7/c1-30-11-7-10-26-21(14-8-5-6-9-17(14)31-2)20(23(28)24(26)29)22(27)15-12-19(33-4)16(25)13-18(15)32-3/h5-6,8-9,12-13,21,27H,7,10-11H2,1-4H3/b22-20+. The highest BCUT2D eigenvalue weighted by molar-refractivity contribution is 6.46. The maximum absolute atomic E-state index is 13.2. The molecule has 2 aromatic carbocycles. The van der Waals surface area contributed by atoms with Crippen molar-refractivity contribution in [2.75, 3.05) is 41.6 Å². The number of hydrogen-bond acceptors (Lipinski definition) is 7. The molecule has 1 aliphatic rings. The predicted molar refractivity (Wildman–Crippen MR) is 123 cm³/mol. The zero-order valence-electron chi connectivity index (χ0n) is 18.9. The topological polar surface area (TPSA) is 94.5 Å². The first-order valence-electron chi connectivity index (χ1n) is 10.2. The smallest absolute Gasteiger partial charge is 0.295 e. The van der Waals surface area contributed by atoms with E-state index in [1.165, 1.54) is 38.4 Å². The van der Waals surface area contributed by atoms with Crippen LogP contribution in [0, 0.1) is 0 Å². The Hall–Kier alpha value is -3.23. The first kappa shape index (κ1) is 24.4. The highest BCUT2D eigenvalue weighted by Gasteiger charge is 2.47. The number of nitrogens with zero attached hydrogens (tertiary/aromatic N) is 1. The van der Waals surface area contributed by atoms with E-state index in [2.05, 4.69) is 0 Å². The summed E-state index contributed by atoms with van der Waals surface area (Å²) in [6.07, 6.45) is 0.507. The van der Waals surface area contributed by atoms with Gasteiger partial charge in [0.25, 0.3) is 11.7 Å². The molecule has 1 aliphatic heterocycles. The minimum Gasteiger partial charge on any atom is -0.507 e. The molecule has 33 heavy (non-hydrogen) atoms. The van der Waals surface area contributed by atoms with Gasteiger partial charge in [-0.2, -0.15) is 0 Å². The van der Waals surface area contributed by atoms with E-state index in [1.807, 2.05) is 0 Å². The van der Waals surface area contributed by atoms with Gasteiger partial charge in [0.2, 0.25) is 0 Å². The zero-order valence-corrected chi connectivity index (χ0v) is 19.6. The number of ether oxygens (including phenoxy) is 4. The lowest BCUT2D eigenvalue weighted by molar-refractivity contribution is -0.140. The second-order valence-corrected chi connectivity index (χ2v) is 7.68. The normalized spacial score (nSPS) is 17.4. The Bertz CT molecular complexity index is 1080. The average molecular weight is 476 g/mol. The lowest BCUT2D eigenvalue weighted by atomic mass is 9.94. The van der Waals surface area contributed by atoms with Gasteiger partial charge in [0.1, 0.15) is 23.0 Å². The van der Waals surface area contributed by atoms with Gasteiger partial charge in [0.15, 0.2) is 0 Å². The van der Waals surface area contributed by atoms with Crippen LogP contribution in [-0.4, -0.2) is 63.3 Å². The highest BCUT2D eigenvalue weighted by atomic mass is 35.5. The van der Waals surface area contributed by atoms with Crippen molar-refractivity contribution in [1.82, 2.24) is 4.90 Å². The molecule has 3 rings (SSSR count). The molecule has 1 unspecified atom stereocenters. The van der Waals surface area contributed by atoms with Crippen LogP contribution in [0.4, 0.5) is 0 Å². The van der Waals surface area contributed by atoms with Gasteiger partial charge in [0.05, 0.1) is 43.5 Å². The number of amides is 1. The number of benzene rings is 2. The maximum Gasteiger partial charge on any atom is 0.295 e. The van der Waals surface area contributed by atoms with Gasteiger partial charge in [-0.1, -0.05) is 29.8 Å². The fourth-order valence-corrected chi connectivity index (χ4v) is 4.13. The molecule has 0 spiro atoms. The van der Waals surface area contributed by atoms with E-state index in [-0.39, 0.29) is 34.2 Å².